The van der Waals surface area contributed by atoms with Gasteiger partial charge < -0.3 is 20.1 Å². The van der Waals surface area contributed by atoms with Crippen LogP contribution in [0.15, 0.2) is 24.3 Å². The number of nitrogens with zero attached hydrogens (tertiary/aromatic N) is 1. The van der Waals surface area contributed by atoms with Crippen LogP contribution in [0.1, 0.15) is 39.5 Å². The number of aliphatic hydroxyl groups excluding tert-OH is 1. The Balaban J connectivity index is 1.90. The molecule has 0 aromatic heterocycles. The van der Waals surface area contributed by atoms with Crippen LogP contribution in [0.25, 0.3) is 0 Å². The lowest BCUT2D eigenvalue weighted by Gasteiger charge is -2.40. The molecule has 23 heavy (non-hydrogen) atoms. The summed E-state index contributed by atoms with van der Waals surface area (Å²) >= 11 is 0. The van der Waals surface area contributed by atoms with Gasteiger partial charge in [0.1, 0.15) is 5.75 Å². The zero-order valence-electron chi connectivity index (χ0n) is 14.2. The smallest absolute Gasteiger partial charge is 0.321 e. The number of hydrogen-bond donors (Lipinski definition) is 2. The molecule has 2 amide bonds. The Morgan fingerprint density at radius 2 is 2.09 bits per heavy atom. The van der Waals surface area contributed by atoms with E-state index in [0.717, 1.165) is 37.1 Å². The molecule has 1 aliphatic rings. The summed E-state index contributed by atoms with van der Waals surface area (Å²) in [6.45, 7) is 6.41. The second-order valence-corrected chi connectivity index (χ2v) is 6.31. The molecule has 1 fully saturated rings. The van der Waals surface area contributed by atoms with E-state index in [-0.39, 0.29) is 18.1 Å². The minimum atomic E-state index is -0.0831. The first kappa shape index (κ1) is 17.6. The number of likely N-dealkylation sites (tertiary alicyclic amines) is 1. The average Bonchev–Trinajstić information content (AvgIpc) is 2.60. The summed E-state index contributed by atoms with van der Waals surface area (Å²) in [7, 11) is 0. The van der Waals surface area contributed by atoms with Gasteiger partial charge in [0.15, 0.2) is 0 Å². The number of piperidine rings is 1. The van der Waals surface area contributed by atoms with E-state index in [1.807, 2.05) is 29.2 Å². The molecule has 0 saturated carbocycles. The van der Waals surface area contributed by atoms with Crippen molar-refractivity contribution in [3.05, 3.63) is 24.3 Å². The number of amides is 2. The SMILES string of the molecule is CCCOc1cccc(NC(=O)N2CCC(CC)(CO)CC2)c1. The van der Waals surface area contributed by atoms with Gasteiger partial charge in [0.25, 0.3) is 0 Å². The van der Waals surface area contributed by atoms with Gasteiger partial charge in [-0.15, -0.1) is 0 Å². The number of aliphatic hydroxyl groups is 1. The third-order valence-electron chi connectivity index (χ3n) is 4.75. The van der Waals surface area contributed by atoms with Gasteiger partial charge >= 0.3 is 6.03 Å². The third kappa shape index (κ3) is 4.61. The molecule has 128 valence electrons. The van der Waals surface area contributed by atoms with Crippen LogP contribution in [0.4, 0.5) is 10.5 Å². The fourth-order valence-electron chi connectivity index (χ4n) is 2.89. The Labute approximate surface area is 138 Å². The Morgan fingerprint density at radius 1 is 1.35 bits per heavy atom. The first-order chi connectivity index (χ1) is 11.1. The molecule has 0 aliphatic carbocycles. The molecule has 1 heterocycles. The second-order valence-electron chi connectivity index (χ2n) is 6.31. The van der Waals surface area contributed by atoms with Crippen molar-refractivity contribution in [2.75, 3.05) is 31.6 Å². The molecule has 2 N–H and O–H groups in total. The largest absolute Gasteiger partial charge is 0.494 e. The minimum Gasteiger partial charge on any atom is -0.494 e. The Kier molecular flexibility index (Phi) is 6.28. The Morgan fingerprint density at radius 3 is 2.70 bits per heavy atom. The summed E-state index contributed by atoms with van der Waals surface area (Å²) in [5, 5.41) is 12.5. The summed E-state index contributed by atoms with van der Waals surface area (Å²) in [5.74, 6) is 0.772. The highest BCUT2D eigenvalue weighted by molar-refractivity contribution is 5.89. The fraction of sp³-hybridized carbons (Fsp3) is 0.611. The van der Waals surface area contributed by atoms with Gasteiger partial charge in [-0.25, -0.2) is 4.79 Å². The van der Waals surface area contributed by atoms with Gasteiger partial charge in [0.2, 0.25) is 0 Å². The summed E-state index contributed by atoms with van der Waals surface area (Å²) in [6.07, 6.45) is 3.62. The maximum Gasteiger partial charge on any atom is 0.321 e. The average molecular weight is 320 g/mol. The van der Waals surface area contributed by atoms with E-state index in [1.54, 1.807) is 0 Å². The van der Waals surface area contributed by atoms with Crippen molar-refractivity contribution in [1.82, 2.24) is 4.90 Å². The molecule has 5 heteroatoms. The Bertz CT molecular complexity index is 505. The molecule has 1 aliphatic heterocycles. The molecule has 1 aromatic carbocycles. The zero-order valence-corrected chi connectivity index (χ0v) is 14.2. The quantitative estimate of drug-likeness (QED) is 0.843. The molecule has 0 radical (unpaired) electrons. The van der Waals surface area contributed by atoms with Crippen molar-refractivity contribution < 1.29 is 14.6 Å². The van der Waals surface area contributed by atoms with E-state index in [1.165, 1.54) is 0 Å². The van der Waals surface area contributed by atoms with Gasteiger partial charge in [-0.3, -0.25) is 0 Å². The van der Waals surface area contributed by atoms with Crippen molar-refractivity contribution in [2.24, 2.45) is 5.41 Å². The first-order valence-corrected chi connectivity index (χ1v) is 8.52. The number of benzene rings is 1. The van der Waals surface area contributed by atoms with E-state index in [0.29, 0.717) is 19.7 Å². The maximum atomic E-state index is 12.4. The molecular formula is C18H28N2O3. The van der Waals surface area contributed by atoms with Crippen LogP contribution in [-0.2, 0) is 0 Å². The molecule has 0 atom stereocenters. The van der Waals surface area contributed by atoms with Gasteiger partial charge in [0, 0.05) is 31.5 Å². The van der Waals surface area contributed by atoms with Gasteiger partial charge in [-0.05, 0) is 43.2 Å². The number of carbonyl (C=O) groups excluding carboxylic acids is 1. The van der Waals surface area contributed by atoms with Gasteiger partial charge in [0.05, 0.1) is 6.61 Å². The van der Waals surface area contributed by atoms with Crippen LogP contribution in [0.5, 0.6) is 5.75 Å². The monoisotopic (exact) mass is 320 g/mol. The minimum absolute atomic E-state index is 0.00924. The maximum absolute atomic E-state index is 12.4. The normalized spacial score (nSPS) is 16.9. The highest BCUT2D eigenvalue weighted by Crippen LogP contribution is 2.34. The summed E-state index contributed by atoms with van der Waals surface area (Å²) in [6, 6.07) is 7.40. The first-order valence-electron chi connectivity index (χ1n) is 8.52. The summed E-state index contributed by atoms with van der Waals surface area (Å²) in [5.41, 5.74) is 0.739. The van der Waals surface area contributed by atoms with Crippen LogP contribution in [-0.4, -0.2) is 42.3 Å². The van der Waals surface area contributed by atoms with Crippen LogP contribution in [0.3, 0.4) is 0 Å². The molecule has 0 unspecified atom stereocenters. The van der Waals surface area contributed by atoms with E-state index in [4.69, 9.17) is 4.74 Å². The standard InChI is InChI=1S/C18H28N2O3/c1-3-12-23-16-7-5-6-15(13-16)19-17(22)20-10-8-18(4-2,14-21)9-11-20/h5-7,13,21H,3-4,8-12,14H2,1-2H3,(H,19,22). The molecule has 0 spiro atoms. The number of nitrogens with one attached hydrogen (secondary N) is 1. The summed E-state index contributed by atoms with van der Waals surface area (Å²) < 4.78 is 5.59. The highest BCUT2D eigenvalue weighted by Gasteiger charge is 2.33. The van der Waals surface area contributed by atoms with E-state index < -0.39 is 0 Å². The van der Waals surface area contributed by atoms with Crippen molar-refractivity contribution in [3.8, 4) is 5.75 Å². The highest BCUT2D eigenvalue weighted by atomic mass is 16.5. The predicted octanol–water partition coefficient (Wildman–Crippen LogP) is 3.49. The molecule has 2 rings (SSSR count). The van der Waals surface area contributed by atoms with Crippen LogP contribution in [0, 0.1) is 5.41 Å². The van der Waals surface area contributed by atoms with Crippen molar-refractivity contribution >= 4 is 11.7 Å². The van der Waals surface area contributed by atoms with Crippen LogP contribution >= 0.6 is 0 Å². The molecule has 1 aromatic rings. The van der Waals surface area contributed by atoms with Crippen molar-refractivity contribution in [2.45, 2.75) is 39.5 Å². The number of anilines is 1. The van der Waals surface area contributed by atoms with Gasteiger partial charge in [-0.1, -0.05) is 19.9 Å². The van der Waals surface area contributed by atoms with Crippen molar-refractivity contribution in [3.63, 3.8) is 0 Å². The topological polar surface area (TPSA) is 61.8 Å². The van der Waals surface area contributed by atoms with Crippen LogP contribution < -0.4 is 10.1 Å². The van der Waals surface area contributed by atoms with E-state index >= 15 is 0 Å². The van der Waals surface area contributed by atoms with Crippen molar-refractivity contribution in [1.29, 1.82) is 0 Å². The predicted molar refractivity (Wildman–Crippen MR) is 91.9 cm³/mol. The molecule has 5 nitrogen and oxygen atoms in total. The second kappa shape index (κ2) is 8.20. The van der Waals surface area contributed by atoms with E-state index in [2.05, 4.69) is 19.2 Å². The van der Waals surface area contributed by atoms with Crippen LogP contribution in [0.2, 0.25) is 0 Å². The lowest BCUT2D eigenvalue weighted by Crippen LogP contribution is -2.46. The summed E-state index contributed by atoms with van der Waals surface area (Å²) in [4.78, 5) is 14.2. The Hall–Kier alpha value is -1.75. The zero-order chi connectivity index (χ0) is 16.7. The molecular weight excluding hydrogens is 292 g/mol. The number of urea groups is 1. The number of carbonyl (C=O) groups is 1. The number of rotatable bonds is 6. The molecule has 0 bridgehead atoms. The number of hydrogen-bond acceptors (Lipinski definition) is 3. The lowest BCUT2D eigenvalue weighted by atomic mass is 9.77. The lowest BCUT2D eigenvalue weighted by molar-refractivity contribution is 0.0542. The third-order valence-corrected chi connectivity index (χ3v) is 4.75. The van der Waals surface area contributed by atoms with E-state index in [9.17, 15) is 9.90 Å². The molecule has 1 saturated heterocycles. The van der Waals surface area contributed by atoms with Gasteiger partial charge in [-0.2, -0.15) is 0 Å². The number of ether oxygens (including phenoxy) is 1. The fourth-order valence-corrected chi connectivity index (χ4v) is 2.89.